The van der Waals surface area contributed by atoms with E-state index in [1.54, 1.807) is 0 Å². The molecule has 1 unspecified atom stereocenters. The minimum absolute atomic E-state index is 0.545. The topological polar surface area (TPSA) is 67.9 Å². The zero-order chi connectivity index (χ0) is 9.80. The molecule has 2 heterocycles. The molecule has 5 nitrogen and oxygen atoms in total. The number of piperidine rings is 1. The molecule has 1 aliphatic heterocycles. The van der Waals surface area contributed by atoms with Crippen LogP contribution in [0, 0.1) is 0 Å². The molecule has 0 bridgehead atoms. The Kier molecular flexibility index (Phi) is 3.26. The Morgan fingerprint density at radius 3 is 3.14 bits per heavy atom. The lowest BCUT2D eigenvalue weighted by Crippen LogP contribution is -2.40. The van der Waals surface area contributed by atoms with Crippen LogP contribution in [0.4, 0.5) is 5.13 Å². The van der Waals surface area contributed by atoms with E-state index in [0.29, 0.717) is 6.04 Å². The molecule has 1 saturated heterocycles. The van der Waals surface area contributed by atoms with Crippen LogP contribution in [0.2, 0.25) is 0 Å². The van der Waals surface area contributed by atoms with Crippen molar-refractivity contribution < 1.29 is 0 Å². The number of aromatic nitrogens is 3. The molecular formula is C8H15N5S. The molecule has 1 fully saturated rings. The number of rotatable bonds is 3. The van der Waals surface area contributed by atoms with E-state index in [1.165, 1.54) is 30.8 Å². The van der Waals surface area contributed by atoms with E-state index in [4.69, 9.17) is 5.73 Å². The second kappa shape index (κ2) is 4.65. The Morgan fingerprint density at radius 2 is 2.43 bits per heavy atom. The first kappa shape index (κ1) is 9.79. The van der Waals surface area contributed by atoms with Gasteiger partial charge in [0.05, 0.1) is 0 Å². The molecule has 6 heteroatoms. The van der Waals surface area contributed by atoms with Crippen molar-refractivity contribution in [2.75, 3.05) is 18.0 Å². The summed E-state index contributed by atoms with van der Waals surface area (Å²) in [5.74, 6) is 0. The van der Waals surface area contributed by atoms with Crippen LogP contribution in [-0.4, -0.2) is 33.9 Å². The van der Waals surface area contributed by atoms with E-state index < -0.39 is 0 Å². The quantitative estimate of drug-likeness (QED) is 0.798. The second-order valence-corrected chi connectivity index (χ2v) is 4.28. The molecule has 0 radical (unpaired) electrons. The molecule has 2 N–H and O–H groups in total. The predicted octanol–water partition coefficient (Wildman–Crippen LogP) is 0.641. The number of nitrogens with zero attached hydrogens (tertiary/aromatic N) is 4. The summed E-state index contributed by atoms with van der Waals surface area (Å²) in [5, 5.41) is 8.60. The summed E-state index contributed by atoms with van der Waals surface area (Å²) < 4.78 is 3.80. The van der Waals surface area contributed by atoms with E-state index in [-0.39, 0.29) is 0 Å². The van der Waals surface area contributed by atoms with Gasteiger partial charge in [0.15, 0.2) is 0 Å². The number of anilines is 1. The fourth-order valence-corrected chi connectivity index (χ4v) is 2.55. The summed E-state index contributed by atoms with van der Waals surface area (Å²) >= 11 is 1.37. The Labute approximate surface area is 87.5 Å². The molecule has 0 aromatic carbocycles. The molecule has 0 saturated carbocycles. The first-order chi connectivity index (χ1) is 6.92. The number of hydrogen-bond acceptors (Lipinski definition) is 6. The van der Waals surface area contributed by atoms with Gasteiger partial charge in [-0.25, -0.2) is 0 Å². The fourth-order valence-electron chi connectivity index (χ4n) is 1.98. The van der Waals surface area contributed by atoms with Crippen LogP contribution in [0.15, 0.2) is 0 Å². The van der Waals surface area contributed by atoms with Crippen molar-refractivity contribution in [3.8, 4) is 0 Å². The second-order valence-electron chi connectivity index (χ2n) is 3.57. The Morgan fingerprint density at radius 1 is 1.50 bits per heavy atom. The van der Waals surface area contributed by atoms with Crippen molar-refractivity contribution in [2.45, 2.75) is 31.7 Å². The molecule has 1 aromatic rings. The van der Waals surface area contributed by atoms with Crippen LogP contribution < -0.4 is 10.6 Å². The lowest BCUT2D eigenvalue weighted by atomic mass is 10.0. The molecule has 0 aliphatic carbocycles. The lowest BCUT2D eigenvalue weighted by Gasteiger charge is -2.34. The summed E-state index contributed by atoms with van der Waals surface area (Å²) in [6.07, 6.45) is 4.80. The molecule has 1 aromatic heterocycles. The lowest BCUT2D eigenvalue weighted by molar-refractivity contribution is 0.440. The highest BCUT2D eigenvalue weighted by Crippen LogP contribution is 2.25. The summed E-state index contributed by atoms with van der Waals surface area (Å²) in [7, 11) is 0. The highest BCUT2D eigenvalue weighted by atomic mass is 32.1. The third kappa shape index (κ3) is 2.01. The van der Waals surface area contributed by atoms with Gasteiger partial charge in [0.25, 0.3) is 0 Å². The average Bonchev–Trinajstić information content (AvgIpc) is 2.72. The molecule has 0 amide bonds. The highest BCUT2D eigenvalue weighted by molar-refractivity contribution is 7.09. The number of nitrogens with two attached hydrogens (primary N) is 1. The maximum Gasteiger partial charge on any atom is 0.228 e. The summed E-state index contributed by atoms with van der Waals surface area (Å²) in [5.41, 5.74) is 5.60. The van der Waals surface area contributed by atoms with Gasteiger partial charge in [-0.15, -0.1) is 0 Å². The van der Waals surface area contributed by atoms with Crippen molar-refractivity contribution in [3.05, 3.63) is 0 Å². The van der Waals surface area contributed by atoms with Crippen molar-refractivity contribution in [1.82, 2.24) is 14.8 Å². The molecule has 14 heavy (non-hydrogen) atoms. The van der Waals surface area contributed by atoms with E-state index in [2.05, 4.69) is 19.7 Å². The molecular weight excluding hydrogens is 198 g/mol. The monoisotopic (exact) mass is 213 g/mol. The van der Waals surface area contributed by atoms with Gasteiger partial charge in [-0.05, 0) is 37.4 Å². The van der Waals surface area contributed by atoms with E-state index in [0.717, 1.165) is 24.6 Å². The predicted molar refractivity (Wildman–Crippen MR) is 56.4 cm³/mol. The van der Waals surface area contributed by atoms with Gasteiger partial charge in [-0.1, -0.05) is 9.59 Å². The zero-order valence-electron chi connectivity index (χ0n) is 8.09. The van der Waals surface area contributed by atoms with Crippen LogP contribution in [-0.2, 0) is 0 Å². The molecule has 0 spiro atoms. The zero-order valence-corrected chi connectivity index (χ0v) is 8.91. The summed E-state index contributed by atoms with van der Waals surface area (Å²) in [4.78, 5) is 2.31. The summed E-state index contributed by atoms with van der Waals surface area (Å²) in [6.45, 7) is 1.81. The molecule has 1 atom stereocenters. The van der Waals surface area contributed by atoms with Crippen LogP contribution in [0.3, 0.4) is 0 Å². The minimum Gasteiger partial charge on any atom is -0.342 e. The van der Waals surface area contributed by atoms with Crippen LogP contribution in [0.1, 0.15) is 25.7 Å². The highest BCUT2D eigenvalue weighted by Gasteiger charge is 2.24. The van der Waals surface area contributed by atoms with E-state index >= 15 is 0 Å². The van der Waals surface area contributed by atoms with Crippen molar-refractivity contribution in [2.24, 2.45) is 5.73 Å². The van der Waals surface area contributed by atoms with Gasteiger partial charge in [0, 0.05) is 24.1 Å². The third-order valence-corrected chi connectivity index (χ3v) is 3.30. The minimum atomic E-state index is 0.545. The summed E-state index contributed by atoms with van der Waals surface area (Å²) in [6, 6.07) is 0.545. The van der Waals surface area contributed by atoms with Gasteiger partial charge in [0.2, 0.25) is 5.13 Å². The molecule has 78 valence electrons. The van der Waals surface area contributed by atoms with Gasteiger partial charge < -0.3 is 10.6 Å². The van der Waals surface area contributed by atoms with Crippen LogP contribution in [0.25, 0.3) is 0 Å². The fraction of sp³-hybridized carbons (Fsp3) is 0.875. The smallest absolute Gasteiger partial charge is 0.228 e. The average molecular weight is 213 g/mol. The third-order valence-electron chi connectivity index (χ3n) is 2.66. The van der Waals surface area contributed by atoms with Gasteiger partial charge >= 0.3 is 0 Å². The largest absolute Gasteiger partial charge is 0.342 e. The first-order valence-electron chi connectivity index (χ1n) is 5.03. The van der Waals surface area contributed by atoms with Gasteiger partial charge in [0.1, 0.15) is 0 Å². The van der Waals surface area contributed by atoms with Crippen LogP contribution in [0.5, 0.6) is 0 Å². The Bertz CT molecular complexity index is 261. The standard InChI is InChI=1S/C8H15N5S/c9-5-4-7-3-1-2-6-13(7)8-10-11-12-14-8/h7H,1-6,9H2. The maximum atomic E-state index is 5.60. The van der Waals surface area contributed by atoms with Crippen LogP contribution >= 0.6 is 11.5 Å². The van der Waals surface area contributed by atoms with Crippen molar-refractivity contribution >= 4 is 16.7 Å². The van der Waals surface area contributed by atoms with Gasteiger partial charge in [-0.2, -0.15) is 0 Å². The molecule has 2 rings (SSSR count). The first-order valence-corrected chi connectivity index (χ1v) is 5.81. The van der Waals surface area contributed by atoms with Gasteiger partial charge in [-0.3, -0.25) is 0 Å². The van der Waals surface area contributed by atoms with E-state index in [1.807, 2.05) is 0 Å². The molecule has 1 aliphatic rings. The van der Waals surface area contributed by atoms with Crippen molar-refractivity contribution in [1.29, 1.82) is 0 Å². The maximum absolute atomic E-state index is 5.60. The SMILES string of the molecule is NCCC1CCCCN1c1nnns1. The van der Waals surface area contributed by atoms with E-state index in [9.17, 15) is 0 Å². The van der Waals surface area contributed by atoms with Crippen molar-refractivity contribution in [3.63, 3.8) is 0 Å². The number of hydrogen-bond donors (Lipinski definition) is 1. The normalized spacial score (nSPS) is 22.6. The Balaban J connectivity index is 2.06. The Hall–Kier alpha value is -0.750.